The Balaban J connectivity index is 2.11. The van der Waals surface area contributed by atoms with Crippen LogP contribution in [0.3, 0.4) is 0 Å². The van der Waals surface area contributed by atoms with Crippen molar-refractivity contribution in [2.45, 2.75) is 32.9 Å². The van der Waals surface area contributed by atoms with Crippen LogP contribution in [0.5, 0.6) is 28.7 Å². The van der Waals surface area contributed by atoms with Crippen LogP contribution >= 0.6 is 11.6 Å². The lowest BCUT2D eigenvalue weighted by atomic mass is 10.1. The molecule has 0 heterocycles. The summed E-state index contributed by atoms with van der Waals surface area (Å²) in [6.07, 6.45) is 2.03. The maximum atomic E-state index is 6.36. The first-order valence-electron chi connectivity index (χ1n) is 9.56. The maximum Gasteiger partial charge on any atom is 0.203 e. The van der Waals surface area contributed by atoms with Gasteiger partial charge in [-0.2, -0.15) is 0 Å². The van der Waals surface area contributed by atoms with Gasteiger partial charge in [-0.15, -0.1) is 0 Å². The number of ether oxygens (including phenoxy) is 5. The minimum Gasteiger partial charge on any atom is -0.493 e. The van der Waals surface area contributed by atoms with Crippen molar-refractivity contribution in [3.05, 3.63) is 40.4 Å². The fraction of sp³-hybridized carbons (Fsp3) is 0.455. The van der Waals surface area contributed by atoms with E-state index in [9.17, 15) is 0 Å². The van der Waals surface area contributed by atoms with Gasteiger partial charge in [-0.3, -0.25) is 0 Å². The first-order valence-corrected chi connectivity index (χ1v) is 9.94. The van der Waals surface area contributed by atoms with Gasteiger partial charge in [0.2, 0.25) is 5.75 Å². The van der Waals surface area contributed by atoms with E-state index >= 15 is 0 Å². The second-order valence-electron chi connectivity index (χ2n) is 6.43. The third kappa shape index (κ3) is 6.08. The number of hydrogen-bond acceptors (Lipinski definition) is 6. The highest BCUT2D eigenvalue weighted by molar-refractivity contribution is 6.31. The van der Waals surface area contributed by atoms with Gasteiger partial charge >= 0.3 is 0 Å². The van der Waals surface area contributed by atoms with E-state index in [1.165, 1.54) is 0 Å². The molecule has 0 saturated heterocycles. The summed E-state index contributed by atoms with van der Waals surface area (Å²) in [4.78, 5) is 0. The molecule has 0 atom stereocenters. The summed E-state index contributed by atoms with van der Waals surface area (Å²) >= 11 is 6.36. The number of unbranched alkanes of at least 4 members (excludes halogenated alkanes) is 1. The zero-order valence-corrected chi connectivity index (χ0v) is 18.5. The van der Waals surface area contributed by atoms with Crippen molar-refractivity contribution in [3.8, 4) is 28.7 Å². The highest BCUT2D eigenvalue weighted by Gasteiger charge is 2.15. The zero-order chi connectivity index (χ0) is 21.2. The van der Waals surface area contributed by atoms with Crippen LogP contribution in [0.4, 0.5) is 0 Å². The molecule has 0 saturated carbocycles. The van der Waals surface area contributed by atoms with E-state index in [4.69, 9.17) is 35.3 Å². The lowest BCUT2D eigenvalue weighted by Crippen LogP contribution is -2.13. The fourth-order valence-corrected chi connectivity index (χ4v) is 3.09. The van der Waals surface area contributed by atoms with Crippen LogP contribution in [0.1, 0.15) is 30.9 Å². The van der Waals surface area contributed by atoms with E-state index in [0.717, 1.165) is 24.0 Å². The van der Waals surface area contributed by atoms with Gasteiger partial charge in [-0.25, -0.2) is 0 Å². The van der Waals surface area contributed by atoms with Crippen molar-refractivity contribution < 1.29 is 23.7 Å². The molecule has 7 heteroatoms. The number of hydrogen-bond donors (Lipinski definition) is 1. The Bertz CT molecular complexity index is 772. The van der Waals surface area contributed by atoms with Gasteiger partial charge in [-0.05, 0) is 35.7 Å². The minimum atomic E-state index is 0.568. The Kier molecular flexibility index (Phi) is 9.22. The average molecular weight is 424 g/mol. The Labute approximate surface area is 178 Å². The minimum absolute atomic E-state index is 0.568. The topological polar surface area (TPSA) is 58.2 Å². The van der Waals surface area contributed by atoms with Gasteiger partial charge in [0.15, 0.2) is 23.0 Å². The highest BCUT2D eigenvalue weighted by atomic mass is 35.5. The molecule has 0 bridgehead atoms. The van der Waals surface area contributed by atoms with Crippen LogP contribution in [-0.4, -0.2) is 35.0 Å². The molecule has 160 valence electrons. The molecule has 0 spiro atoms. The first kappa shape index (κ1) is 23.0. The predicted octanol–water partition coefficient (Wildman–Crippen LogP) is 4.84. The maximum absolute atomic E-state index is 6.36. The van der Waals surface area contributed by atoms with Crippen molar-refractivity contribution in [1.29, 1.82) is 0 Å². The van der Waals surface area contributed by atoms with Crippen LogP contribution in [0.25, 0.3) is 0 Å². The third-order valence-electron chi connectivity index (χ3n) is 4.46. The third-order valence-corrected chi connectivity index (χ3v) is 4.81. The molecule has 0 amide bonds. The van der Waals surface area contributed by atoms with Gasteiger partial charge in [-0.1, -0.05) is 24.9 Å². The summed E-state index contributed by atoms with van der Waals surface area (Å²) in [6.45, 7) is 3.92. The number of halogens is 1. The molecule has 0 aliphatic heterocycles. The van der Waals surface area contributed by atoms with Crippen molar-refractivity contribution in [2.75, 3.05) is 35.0 Å². The van der Waals surface area contributed by atoms with E-state index in [1.54, 1.807) is 34.5 Å². The van der Waals surface area contributed by atoms with Crippen molar-refractivity contribution >= 4 is 11.6 Å². The Hall–Kier alpha value is -2.31. The molecule has 0 aliphatic carbocycles. The summed E-state index contributed by atoms with van der Waals surface area (Å²) in [5, 5.41) is 4.00. The summed E-state index contributed by atoms with van der Waals surface area (Å²) in [5.41, 5.74) is 1.93. The van der Waals surface area contributed by atoms with Crippen LogP contribution in [0, 0.1) is 0 Å². The summed E-state index contributed by atoms with van der Waals surface area (Å²) in [5.74, 6) is 3.19. The summed E-state index contributed by atoms with van der Waals surface area (Å²) in [7, 11) is 6.44. The number of nitrogens with one attached hydrogen (secondary N) is 1. The smallest absolute Gasteiger partial charge is 0.203 e. The SMILES string of the molecule is CCCCOc1c(OC)cc(CNCc2cc(OC)c(OC)cc2Cl)cc1OC. The van der Waals surface area contributed by atoms with E-state index in [2.05, 4.69) is 12.2 Å². The molecule has 0 aromatic heterocycles. The van der Waals surface area contributed by atoms with Crippen molar-refractivity contribution in [2.24, 2.45) is 0 Å². The molecular formula is C22H30ClNO5. The largest absolute Gasteiger partial charge is 0.493 e. The standard InChI is InChI=1S/C22H30ClNO5/c1-6-7-8-29-22-20(27-4)9-15(10-21(22)28-5)13-24-14-16-11-18(25-2)19(26-3)12-17(16)23/h9-12,24H,6-8,13-14H2,1-5H3. The number of rotatable bonds is 12. The first-order chi connectivity index (χ1) is 14.1. The van der Waals surface area contributed by atoms with Gasteiger partial charge in [0.05, 0.1) is 35.0 Å². The van der Waals surface area contributed by atoms with Crippen molar-refractivity contribution in [3.63, 3.8) is 0 Å². The molecular weight excluding hydrogens is 394 g/mol. The predicted molar refractivity (Wildman–Crippen MR) is 115 cm³/mol. The van der Waals surface area contributed by atoms with Gasteiger partial charge in [0.1, 0.15) is 0 Å². The molecule has 0 unspecified atom stereocenters. The highest BCUT2D eigenvalue weighted by Crippen LogP contribution is 2.39. The molecule has 29 heavy (non-hydrogen) atoms. The molecule has 2 aromatic carbocycles. The number of methoxy groups -OCH3 is 4. The molecule has 0 radical (unpaired) electrons. The summed E-state index contributed by atoms with van der Waals surface area (Å²) < 4.78 is 27.5. The lowest BCUT2D eigenvalue weighted by molar-refractivity contribution is 0.269. The van der Waals surface area contributed by atoms with E-state index in [-0.39, 0.29) is 0 Å². The van der Waals surface area contributed by atoms with Crippen LogP contribution in [-0.2, 0) is 13.1 Å². The van der Waals surface area contributed by atoms with Crippen LogP contribution < -0.4 is 29.0 Å². The van der Waals surface area contributed by atoms with Gasteiger partial charge < -0.3 is 29.0 Å². The Morgan fingerprint density at radius 3 is 1.93 bits per heavy atom. The molecule has 6 nitrogen and oxygen atoms in total. The second-order valence-corrected chi connectivity index (χ2v) is 6.84. The van der Waals surface area contributed by atoms with Gasteiger partial charge in [0, 0.05) is 24.2 Å². The molecule has 2 aromatic rings. The van der Waals surface area contributed by atoms with E-state index in [1.807, 2.05) is 18.2 Å². The monoisotopic (exact) mass is 423 g/mol. The van der Waals surface area contributed by atoms with Crippen LogP contribution in [0.2, 0.25) is 5.02 Å². The zero-order valence-electron chi connectivity index (χ0n) is 17.8. The quantitative estimate of drug-likeness (QED) is 0.493. The summed E-state index contributed by atoms with van der Waals surface area (Å²) in [6, 6.07) is 7.53. The average Bonchev–Trinajstić information content (AvgIpc) is 2.74. The molecule has 1 N–H and O–H groups in total. The molecule has 0 aliphatic rings. The molecule has 2 rings (SSSR count). The number of benzene rings is 2. The second kappa shape index (κ2) is 11.6. The Morgan fingerprint density at radius 1 is 0.793 bits per heavy atom. The Morgan fingerprint density at radius 2 is 1.38 bits per heavy atom. The van der Waals surface area contributed by atoms with E-state index < -0.39 is 0 Å². The fourth-order valence-electron chi connectivity index (χ4n) is 2.87. The van der Waals surface area contributed by atoms with Crippen molar-refractivity contribution in [1.82, 2.24) is 5.32 Å². The van der Waals surface area contributed by atoms with Gasteiger partial charge in [0.25, 0.3) is 0 Å². The molecule has 0 fully saturated rings. The normalized spacial score (nSPS) is 10.6. The lowest BCUT2D eigenvalue weighted by Gasteiger charge is -2.17. The van der Waals surface area contributed by atoms with Crippen LogP contribution in [0.15, 0.2) is 24.3 Å². The van der Waals surface area contributed by atoms with E-state index in [0.29, 0.717) is 53.5 Å².